The number of unbranched alkanes of at least 4 members (excludes halogenated alkanes) is 12. The van der Waals surface area contributed by atoms with Crippen LogP contribution in [-0.2, 0) is 0 Å². The zero-order chi connectivity index (χ0) is 16.7. The van der Waals surface area contributed by atoms with Crippen molar-refractivity contribution in [3.05, 3.63) is 0 Å². The molecule has 3 nitrogen and oxygen atoms in total. The maximum Gasteiger partial charge on any atom is 0.0739 e. The lowest BCUT2D eigenvalue weighted by atomic mass is 9.92. The van der Waals surface area contributed by atoms with E-state index in [1.165, 1.54) is 70.6 Å². The summed E-state index contributed by atoms with van der Waals surface area (Å²) in [6.45, 7) is 3.81. The van der Waals surface area contributed by atoms with Crippen LogP contribution in [0.3, 0.4) is 0 Å². The number of aliphatic hydroxyl groups is 2. The molecule has 0 aromatic rings. The molecule has 4 N–H and O–H groups in total. The molecular formula is C19H41NO2. The van der Waals surface area contributed by atoms with Crippen molar-refractivity contribution in [3.63, 3.8) is 0 Å². The molecule has 134 valence electrons. The Morgan fingerprint density at radius 2 is 1.14 bits per heavy atom. The first kappa shape index (κ1) is 21.9. The lowest BCUT2D eigenvalue weighted by molar-refractivity contribution is 0.0458. The molecule has 0 aliphatic heterocycles. The summed E-state index contributed by atoms with van der Waals surface area (Å²) in [5.74, 6) is 0. The predicted molar refractivity (Wildman–Crippen MR) is 96.0 cm³/mol. The minimum absolute atomic E-state index is 0.160. The summed E-state index contributed by atoms with van der Waals surface area (Å²) in [5.41, 5.74) is 4.96. The van der Waals surface area contributed by atoms with Crippen LogP contribution in [0.15, 0.2) is 0 Å². The molecular weight excluding hydrogens is 274 g/mol. The quantitative estimate of drug-likeness (QED) is 0.366. The van der Waals surface area contributed by atoms with Gasteiger partial charge in [0.15, 0.2) is 0 Å². The fourth-order valence-electron chi connectivity index (χ4n) is 2.79. The zero-order valence-corrected chi connectivity index (χ0v) is 15.2. The summed E-state index contributed by atoms with van der Waals surface area (Å²) in [7, 11) is 0. The predicted octanol–water partition coefficient (Wildman–Crippen LogP) is 4.54. The van der Waals surface area contributed by atoms with Crippen molar-refractivity contribution in [1.82, 2.24) is 0 Å². The molecule has 0 radical (unpaired) electrons. The first-order chi connectivity index (χ1) is 10.5. The Bertz CT molecular complexity index is 231. The van der Waals surface area contributed by atoms with Crippen molar-refractivity contribution in [1.29, 1.82) is 0 Å². The molecule has 0 aromatic carbocycles. The van der Waals surface area contributed by atoms with Crippen LogP contribution in [-0.4, -0.2) is 28.5 Å². The summed E-state index contributed by atoms with van der Waals surface area (Å²) in [5, 5.41) is 19.0. The summed E-state index contributed by atoms with van der Waals surface area (Å²) in [6, 6.07) is 0. The molecule has 0 rings (SSSR count). The maximum atomic E-state index is 9.87. The van der Waals surface area contributed by atoms with Gasteiger partial charge < -0.3 is 15.9 Å². The monoisotopic (exact) mass is 315 g/mol. The second-order valence-corrected chi connectivity index (χ2v) is 7.21. The van der Waals surface area contributed by atoms with E-state index in [-0.39, 0.29) is 6.61 Å². The molecule has 0 spiro atoms. The van der Waals surface area contributed by atoms with Gasteiger partial charge >= 0.3 is 0 Å². The average molecular weight is 316 g/mol. The van der Waals surface area contributed by atoms with Crippen molar-refractivity contribution in [3.8, 4) is 0 Å². The number of rotatable bonds is 16. The van der Waals surface area contributed by atoms with Gasteiger partial charge in [-0.25, -0.2) is 0 Å². The van der Waals surface area contributed by atoms with Gasteiger partial charge in [-0.2, -0.15) is 0 Å². The van der Waals surface area contributed by atoms with Crippen LogP contribution in [0.5, 0.6) is 0 Å². The number of nitrogens with two attached hydrogens (primary N) is 1. The third kappa shape index (κ3) is 12.4. The Hall–Kier alpha value is -0.120. The third-order valence-electron chi connectivity index (χ3n) is 4.68. The molecule has 0 aliphatic rings. The Balaban J connectivity index is 3.21. The lowest BCUT2D eigenvalue weighted by Crippen LogP contribution is -2.51. The number of aliphatic hydroxyl groups excluding tert-OH is 2. The van der Waals surface area contributed by atoms with Gasteiger partial charge in [-0.3, -0.25) is 0 Å². The van der Waals surface area contributed by atoms with Crippen molar-refractivity contribution >= 4 is 0 Å². The van der Waals surface area contributed by atoms with E-state index in [4.69, 9.17) is 10.8 Å². The molecule has 0 bridgehead atoms. The topological polar surface area (TPSA) is 66.5 Å². The first-order valence-electron chi connectivity index (χ1n) is 9.62. The van der Waals surface area contributed by atoms with Gasteiger partial charge in [0.25, 0.3) is 0 Å². The Morgan fingerprint density at radius 1 is 0.773 bits per heavy atom. The highest BCUT2D eigenvalue weighted by molar-refractivity contribution is 4.85. The van der Waals surface area contributed by atoms with E-state index in [1.54, 1.807) is 6.92 Å². The van der Waals surface area contributed by atoms with Crippen LogP contribution < -0.4 is 5.73 Å². The SMILES string of the molecule is CCCCCCCCCCCCCCCC(O)C(C)(N)CO. The molecule has 3 heteroatoms. The molecule has 0 aromatic heterocycles. The molecule has 0 saturated carbocycles. The highest BCUT2D eigenvalue weighted by atomic mass is 16.3. The third-order valence-corrected chi connectivity index (χ3v) is 4.68. The second-order valence-electron chi connectivity index (χ2n) is 7.21. The molecule has 0 amide bonds. The Kier molecular flexibility index (Phi) is 14.4. The van der Waals surface area contributed by atoms with E-state index in [0.717, 1.165) is 12.8 Å². The van der Waals surface area contributed by atoms with Gasteiger partial charge in [-0.05, 0) is 13.3 Å². The highest BCUT2D eigenvalue weighted by Crippen LogP contribution is 2.16. The Labute approximate surface area is 138 Å². The van der Waals surface area contributed by atoms with Gasteiger partial charge in [-0.1, -0.05) is 90.4 Å². The van der Waals surface area contributed by atoms with E-state index in [2.05, 4.69) is 6.92 Å². The van der Waals surface area contributed by atoms with Gasteiger partial charge in [0, 0.05) is 0 Å². The molecule has 0 aliphatic carbocycles. The van der Waals surface area contributed by atoms with Crippen molar-refractivity contribution in [2.24, 2.45) is 5.73 Å². The zero-order valence-electron chi connectivity index (χ0n) is 15.2. The minimum Gasteiger partial charge on any atom is -0.394 e. The van der Waals surface area contributed by atoms with Gasteiger partial charge in [0.1, 0.15) is 0 Å². The smallest absolute Gasteiger partial charge is 0.0739 e. The van der Waals surface area contributed by atoms with Crippen molar-refractivity contribution < 1.29 is 10.2 Å². The average Bonchev–Trinajstić information content (AvgIpc) is 2.51. The summed E-state index contributed by atoms with van der Waals surface area (Å²) >= 11 is 0. The van der Waals surface area contributed by atoms with Crippen LogP contribution in [0, 0.1) is 0 Å². The molecule has 2 unspecified atom stereocenters. The van der Waals surface area contributed by atoms with Crippen LogP contribution >= 0.6 is 0 Å². The van der Waals surface area contributed by atoms with E-state index >= 15 is 0 Å². The molecule has 0 heterocycles. The lowest BCUT2D eigenvalue weighted by Gasteiger charge is -2.28. The van der Waals surface area contributed by atoms with Crippen LogP contribution in [0.2, 0.25) is 0 Å². The fraction of sp³-hybridized carbons (Fsp3) is 1.00. The number of hydrogen-bond acceptors (Lipinski definition) is 3. The largest absolute Gasteiger partial charge is 0.394 e. The highest BCUT2D eigenvalue weighted by Gasteiger charge is 2.26. The van der Waals surface area contributed by atoms with Gasteiger partial charge in [0.2, 0.25) is 0 Å². The molecule has 0 fully saturated rings. The summed E-state index contributed by atoms with van der Waals surface area (Å²) in [6.07, 6.45) is 17.4. The summed E-state index contributed by atoms with van der Waals surface area (Å²) in [4.78, 5) is 0. The standard InChI is InChI=1S/C19H41NO2/c1-3-4-5-6-7-8-9-10-11-12-13-14-15-16-18(22)19(2,20)17-21/h18,21-22H,3-17,20H2,1-2H3. The van der Waals surface area contributed by atoms with Crippen molar-refractivity contribution in [2.75, 3.05) is 6.61 Å². The minimum atomic E-state index is -0.850. The normalized spacial score (nSPS) is 15.7. The second kappa shape index (κ2) is 14.5. The molecule has 2 atom stereocenters. The summed E-state index contributed by atoms with van der Waals surface area (Å²) < 4.78 is 0. The van der Waals surface area contributed by atoms with E-state index in [1.807, 2.05) is 0 Å². The van der Waals surface area contributed by atoms with Crippen LogP contribution in [0.4, 0.5) is 0 Å². The fourth-order valence-corrected chi connectivity index (χ4v) is 2.79. The van der Waals surface area contributed by atoms with E-state index in [9.17, 15) is 5.11 Å². The van der Waals surface area contributed by atoms with Crippen molar-refractivity contribution in [2.45, 2.75) is 115 Å². The molecule has 0 saturated heterocycles. The molecule has 22 heavy (non-hydrogen) atoms. The van der Waals surface area contributed by atoms with Gasteiger partial charge in [-0.15, -0.1) is 0 Å². The Morgan fingerprint density at radius 3 is 1.50 bits per heavy atom. The van der Waals surface area contributed by atoms with Gasteiger partial charge in [0.05, 0.1) is 18.2 Å². The van der Waals surface area contributed by atoms with Crippen LogP contribution in [0.1, 0.15) is 104 Å². The van der Waals surface area contributed by atoms with E-state index in [0.29, 0.717) is 6.42 Å². The number of hydrogen-bond donors (Lipinski definition) is 3. The first-order valence-corrected chi connectivity index (χ1v) is 9.62. The maximum absolute atomic E-state index is 9.87. The van der Waals surface area contributed by atoms with E-state index < -0.39 is 11.6 Å². The van der Waals surface area contributed by atoms with Crippen LogP contribution in [0.25, 0.3) is 0 Å².